The van der Waals surface area contributed by atoms with Gasteiger partial charge in [-0.2, -0.15) is 0 Å². The second kappa shape index (κ2) is 5.79. The number of hydrogen-bond donors (Lipinski definition) is 3. The van der Waals surface area contributed by atoms with Gasteiger partial charge < -0.3 is 15.3 Å². The smallest absolute Gasteiger partial charge is 0.142 e. The molecule has 1 heterocycles. The van der Waals surface area contributed by atoms with E-state index in [2.05, 4.69) is 11.9 Å². The topological polar surface area (TPSA) is 73.6 Å². The van der Waals surface area contributed by atoms with Crippen LogP contribution in [0.4, 0.5) is 0 Å². The number of benzene rings is 1. The van der Waals surface area contributed by atoms with Crippen LogP contribution in [0, 0.1) is 12.8 Å². The zero-order valence-electron chi connectivity index (χ0n) is 14.7. The molecule has 0 amide bonds. The fourth-order valence-electron chi connectivity index (χ4n) is 5.11. The normalized spacial score (nSPS) is 34.4. The van der Waals surface area contributed by atoms with Crippen molar-refractivity contribution >= 4 is 11.3 Å². The Kier molecular flexibility index (Phi) is 3.94. The highest BCUT2D eigenvalue weighted by Gasteiger charge is 2.56. The van der Waals surface area contributed by atoms with Crippen molar-refractivity contribution in [1.29, 1.82) is 0 Å². The SMILES string of the molecule is CCC12CC(O)C(O)(c3ncc(C)s3)CC1CCc1cc(O)ccc12. The number of aliphatic hydroxyl groups is 2. The molecule has 3 N–H and O–H groups in total. The zero-order valence-corrected chi connectivity index (χ0v) is 15.5. The number of thiazole rings is 1. The third-order valence-corrected chi connectivity index (χ3v) is 7.54. The van der Waals surface area contributed by atoms with E-state index in [1.807, 2.05) is 19.1 Å². The maximum absolute atomic E-state index is 11.3. The average molecular weight is 359 g/mol. The van der Waals surface area contributed by atoms with Gasteiger partial charge in [-0.25, -0.2) is 4.98 Å². The monoisotopic (exact) mass is 359 g/mol. The number of phenolic OH excluding ortho intramolecular Hbond substituents is 1. The number of phenols is 1. The predicted octanol–water partition coefficient (Wildman–Crippen LogP) is 3.41. The first kappa shape index (κ1) is 17.0. The summed E-state index contributed by atoms with van der Waals surface area (Å²) < 4.78 is 0. The predicted molar refractivity (Wildman–Crippen MR) is 97.9 cm³/mol. The van der Waals surface area contributed by atoms with Crippen LogP contribution in [0.25, 0.3) is 0 Å². The molecule has 0 radical (unpaired) electrons. The van der Waals surface area contributed by atoms with Crippen LogP contribution in [-0.4, -0.2) is 26.4 Å². The molecule has 0 spiro atoms. The minimum Gasteiger partial charge on any atom is -0.508 e. The Morgan fingerprint density at radius 3 is 2.80 bits per heavy atom. The van der Waals surface area contributed by atoms with Crippen molar-refractivity contribution < 1.29 is 15.3 Å². The maximum Gasteiger partial charge on any atom is 0.142 e. The number of aromatic hydroxyl groups is 1. The van der Waals surface area contributed by atoms with Gasteiger partial charge in [0.25, 0.3) is 0 Å². The van der Waals surface area contributed by atoms with E-state index in [4.69, 9.17) is 0 Å². The summed E-state index contributed by atoms with van der Waals surface area (Å²) in [6, 6.07) is 5.63. The maximum atomic E-state index is 11.3. The van der Waals surface area contributed by atoms with E-state index in [9.17, 15) is 15.3 Å². The molecule has 2 aromatic rings. The van der Waals surface area contributed by atoms with Gasteiger partial charge in [0.15, 0.2) is 0 Å². The molecular weight excluding hydrogens is 334 g/mol. The molecule has 1 aromatic heterocycles. The summed E-state index contributed by atoms with van der Waals surface area (Å²) in [5, 5.41) is 32.8. The Labute approximate surface area is 152 Å². The van der Waals surface area contributed by atoms with Gasteiger partial charge in [0.05, 0.1) is 6.10 Å². The lowest BCUT2D eigenvalue weighted by Gasteiger charge is -2.54. The number of fused-ring (bicyclic) bond motifs is 3. The Balaban J connectivity index is 1.77. The van der Waals surface area contributed by atoms with E-state index in [1.165, 1.54) is 22.5 Å². The van der Waals surface area contributed by atoms with E-state index in [0.29, 0.717) is 29.5 Å². The third-order valence-electron chi connectivity index (χ3n) is 6.46. The molecule has 4 nitrogen and oxygen atoms in total. The van der Waals surface area contributed by atoms with Crippen LogP contribution >= 0.6 is 11.3 Å². The fraction of sp³-hybridized carbons (Fsp3) is 0.550. The van der Waals surface area contributed by atoms with Crippen LogP contribution in [0.5, 0.6) is 5.75 Å². The Hall–Kier alpha value is -1.43. The lowest BCUT2D eigenvalue weighted by molar-refractivity contribution is -0.146. The molecular formula is C20H25NO3S. The summed E-state index contributed by atoms with van der Waals surface area (Å²) in [6.07, 6.45) is 4.78. The molecule has 5 heteroatoms. The van der Waals surface area contributed by atoms with Crippen molar-refractivity contribution in [3.8, 4) is 5.75 Å². The first-order valence-corrected chi connectivity index (χ1v) is 9.86. The van der Waals surface area contributed by atoms with E-state index >= 15 is 0 Å². The van der Waals surface area contributed by atoms with Gasteiger partial charge in [-0.15, -0.1) is 11.3 Å². The molecule has 0 aliphatic heterocycles. The molecule has 4 atom stereocenters. The molecule has 0 bridgehead atoms. The minimum absolute atomic E-state index is 0.140. The molecule has 134 valence electrons. The molecule has 0 saturated heterocycles. The van der Waals surface area contributed by atoms with Crippen LogP contribution in [0.15, 0.2) is 24.4 Å². The quantitative estimate of drug-likeness (QED) is 0.768. The fourth-order valence-corrected chi connectivity index (χ4v) is 6.02. The van der Waals surface area contributed by atoms with Crippen LogP contribution in [-0.2, 0) is 17.4 Å². The highest BCUT2D eigenvalue weighted by molar-refractivity contribution is 7.11. The van der Waals surface area contributed by atoms with E-state index in [1.54, 1.807) is 12.3 Å². The molecule has 1 saturated carbocycles. The second-order valence-electron chi connectivity index (χ2n) is 7.71. The summed E-state index contributed by atoms with van der Waals surface area (Å²) >= 11 is 1.48. The van der Waals surface area contributed by atoms with E-state index in [-0.39, 0.29) is 5.41 Å². The third kappa shape index (κ3) is 2.44. The molecule has 1 fully saturated rings. The molecule has 4 unspecified atom stereocenters. The minimum atomic E-state index is -1.25. The van der Waals surface area contributed by atoms with Gasteiger partial charge in [0, 0.05) is 16.5 Å². The largest absolute Gasteiger partial charge is 0.508 e. The van der Waals surface area contributed by atoms with Crippen molar-refractivity contribution in [3.63, 3.8) is 0 Å². The Morgan fingerprint density at radius 1 is 1.32 bits per heavy atom. The lowest BCUT2D eigenvalue weighted by Crippen LogP contribution is -2.56. The average Bonchev–Trinajstić information content (AvgIpc) is 3.03. The number of aliphatic hydroxyl groups excluding tert-OH is 1. The van der Waals surface area contributed by atoms with Crippen molar-refractivity contribution in [1.82, 2.24) is 4.98 Å². The summed E-state index contributed by atoms with van der Waals surface area (Å²) in [5.74, 6) is 0.599. The molecule has 2 aliphatic rings. The van der Waals surface area contributed by atoms with Crippen LogP contribution < -0.4 is 0 Å². The summed E-state index contributed by atoms with van der Waals surface area (Å²) in [7, 11) is 0. The van der Waals surface area contributed by atoms with Crippen LogP contribution in [0.2, 0.25) is 0 Å². The first-order chi connectivity index (χ1) is 11.9. The molecule has 2 aliphatic carbocycles. The van der Waals surface area contributed by atoms with Crippen molar-refractivity contribution in [2.45, 2.75) is 63.1 Å². The standard InChI is InChI=1S/C20H25NO3S/c1-3-19-10-17(23)20(24,18-21-11-12(2)25-18)9-14(19)5-4-13-8-15(22)6-7-16(13)19/h6-8,11,14,17,22-24H,3-5,9-10H2,1-2H3. The van der Waals surface area contributed by atoms with Gasteiger partial charge in [0.2, 0.25) is 0 Å². The molecule has 4 rings (SSSR count). The highest BCUT2D eigenvalue weighted by atomic mass is 32.1. The van der Waals surface area contributed by atoms with Gasteiger partial charge in [-0.05, 0) is 68.2 Å². The number of nitrogens with zero attached hydrogens (tertiary/aromatic N) is 1. The molecule has 1 aromatic carbocycles. The second-order valence-corrected chi connectivity index (χ2v) is 8.95. The summed E-state index contributed by atoms with van der Waals surface area (Å²) in [5.41, 5.74) is 1.02. The highest BCUT2D eigenvalue weighted by Crippen LogP contribution is 2.57. The van der Waals surface area contributed by atoms with Crippen molar-refractivity contribution in [3.05, 3.63) is 45.4 Å². The van der Waals surface area contributed by atoms with Crippen LogP contribution in [0.3, 0.4) is 0 Å². The zero-order chi connectivity index (χ0) is 17.8. The summed E-state index contributed by atoms with van der Waals surface area (Å²) in [6.45, 7) is 4.14. The van der Waals surface area contributed by atoms with E-state index in [0.717, 1.165) is 24.1 Å². The van der Waals surface area contributed by atoms with Gasteiger partial charge in [-0.3, -0.25) is 0 Å². The lowest BCUT2D eigenvalue weighted by atomic mass is 9.52. The van der Waals surface area contributed by atoms with E-state index < -0.39 is 11.7 Å². The number of rotatable bonds is 2. The van der Waals surface area contributed by atoms with Gasteiger partial charge in [0.1, 0.15) is 16.4 Å². The van der Waals surface area contributed by atoms with Gasteiger partial charge >= 0.3 is 0 Å². The Bertz CT molecular complexity index is 804. The molecule has 25 heavy (non-hydrogen) atoms. The van der Waals surface area contributed by atoms with Gasteiger partial charge in [-0.1, -0.05) is 13.0 Å². The van der Waals surface area contributed by atoms with Crippen molar-refractivity contribution in [2.24, 2.45) is 5.92 Å². The first-order valence-electron chi connectivity index (χ1n) is 9.05. The van der Waals surface area contributed by atoms with Crippen molar-refractivity contribution in [2.75, 3.05) is 0 Å². The summed E-state index contributed by atoms with van der Waals surface area (Å²) in [4.78, 5) is 5.43. The number of hydrogen-bond acceptors (Lipinski definition) is 5. The number of aryl methyl sites for hydroxylation is 2. The number of aromatic nitrogens is 1. The van der Waals surface area contributed by atoms with Crippen LogP contribution in [0.1, 0.15) is 53.6 Å². The Morgan fingerprint density at radius 2 is 2.12 bits per heavy atom.